The molecule has 3 aliphatic rings. The fraction of sp³-hybridized carbons (Fsp3) is 0.357. The number of benzene rings is 2. The molecule has 3 heterocycles. The van der Waals surface area contributed by atoms with Crippen molar-refractivity contribution in [1.82, 2.24) is 15.3 Å². The maximum atomic E-state index is 6.07. The van der Waals surface area contributed by atoms with Gasteiger partial charge in [-0.2, -0.15) is 0 Å². The highest BCUT2D eigenvalue weighted by Gasteiger charge is 2.38. The number of hydrogen-bond acceptors (Lipinski definition) is 5. The van der Waals surface area contributed by atoms with Gasteiger partial charge in [0.2, 0.25) is 0 Å². The van der Waals surface area contributed by atoms with Crippen molar-refractivity contribution in [3.63, 3.8) is 0 Å². The van der Waals surface area contributed by atoms with Gasteiger partial charge < -0.3 is 11.2 Å². The van der Waals surface area contributed by atoms with Crippen molar-refractivity contribution in [2.45, 2.75) is 45.2 Å². The third-order valence-corrected chi connectivity index (χ3v) is 8.64. The molecule has 0 radical (unpaired) electrons. The maximum Gasteiger partial charge on any atom is 0.0774 e. The lowest BCUT2D eigenvalue weighted by Gasteiger charge is -2.26. The zero-order valence-corrected chi connectivity index (χ0v) is 20.3. The summed E-state index contributed by atoms with van der Waals surface area (Å²) in [4.78, 5) is 5.44. The van der Waals surface area contributed by atoms with E-state index in [-0.39, 0.29) is 6.04 Å². The van der Waals surface area contributed by atoms with E-state index in [1.165, 1.54) is 75.6 Å². The predicted molar refractivity (Wildman–Crippen MR) is 139 cm³/mol. The van der Waals surface area contributed by atoms with Crippen LogP contribution in [-0.2, 0) is 13.0 Å². The number of fused-ring (bicyclic) bond motifs is 2. The van der Waals surface area contributed by atoms with E-state index in [0.29, 0.717) is 0 Å². The summed E-state index contributed by atoms with van der Waals surface area (Å²) in [6.45, 7) is 5.66. The van der Waals surface area contributed by atoms with Gasteiger partial charge in [0.15, 0.2) is 0 Å². The van der Waals surface area contributed by atoms with Gasteiger partial charge in [0.05, 0.1) is 11.7 Å². The van der Waals surface area contributed by atoms with Crippen molar-refractivity contribution in [1.29, 1.82) is 0 Å². The number of aryl methyl sites for hydroxylation is 1. The van der Waals surface area contributed by atoms with Gasteiger partial charge in [-0.3, -0.25) is 4.90 Å². The number of hydrazine groups is 1. The second-order valence-corrected chi connectivity index (χ2v) is 10.9. The molecule has 1 aromatic heterocycles. The van der Waals surface area contributed by atoms with Crippen molar-refractivity contribution in [3.8, 4) is 10.4 Å². The molecule has 1 saturated heterocycles. The quantitative estimate of drug-likeness (QED) is 0.491. The molecule has 1 aliphatic carbocycles. The summed E-state index contributed by atoms with van der Waals surface area (Å²) in [5.41, 5.74) is 20.0. The average molecular weight is 457 g/mol. The fourth-order valence-electron chi connectivity index (χ4n) is 5.63. The van der Waals surface area contributed by atoms with Crippen molar-refractivity contribution in [3.05, 3.63) is 81.2 Å². The Bertz CT molecular complexity index is 1220. The van der Waals surface area contributed by atoms with Gasteiger partial charge in [0.1, 0.15) is 0 Å². The summed E-state index contributed by atoms with van der Waals surface area (Å²) in [6, 6.07) is 18.3. The molecular weight excluding hydrogens is 424 g/mol. The first-order chi connectivity index (χ1) is 16.1. The molecule has 170 valence electrons. The molecule has 33 heavy (non-hydrogen) atoms. The largest absolute Gasteiger partial charge is 0.399 e. The normalized spacial score (nSPS) is 20.7. The zero-order valence-electron chi connectivity index (χ0n) is 19.5. The number of rotatable bonds is 4. The molecule has 2 aliphatic heterocycles. The summed E-state index contributed by atoms with van der Waals surface area (Å²) >= 11 is 1.95. The maximum absolute atomic E-state index is 6.07. The third-order valence-electron chi connectivity index (χ3n) is 7.46. The van der Waals surface area contributed by atoms with Crippen LogP contribution in [0.15, 0.2) is 54.1 Å². The molecule has 0 amide bonds. The molecule has 1 atom stereocenters. The van der Waals surface area contributed by atoms with Crippen molar-refractivity contribution < 1.29 is 0 Å². The molecule has 1 unspecified atom stereocenters. The molecule has 4 nitrogen and oxygen atoms in total. The number of nitrogens with one attached hydrogen (secondary N) is 1. The minimum Gasteiger partial charge on any atom is -0.399 e. The van der Waals surface area contributed by atoms with Crippen LogP contribution in [0.4, 0.5) is 5.69 Å². The van der Waals surface area contributed by atoms with Crippen LogP contribution in [0.5, 0.6) is 0 Å². The van der Waals surface area contributed by atoms with E-state index in [9.17, 15) is 0 Å². The molecule has 1 fully saturated rings. The standard InChI is InChI=1S/C28H32N4S/c1-18-14-21(10-11-24(18)29)28-23-16-26-22(27(23)30-31(28)2)15-25(33-26)20-8-6-19(7-9-20)17-32-12-4-3-5-13-32/h6-11,14-15,28,30H,3-5,12-13,16-17,29H2,1-2H3. The number of anilines is 1. The number of likely N-dealkylation sites (N-methyl/N-ethyl adjacent to an activating group) is 1. The number of piperidine rings is 1. The van der Waals surface area contributed by atoms with Gasteiger partial charge in [0, 0.05) is 41.0 Å². The van der Waals surface area contributed by atoms with E-state index in [4.69, 9.17) is 5.73 Å². The smallest absolute Gasteiger partial charge is 0.0774 e. The van der Waals surface area contributed by atoms with E-state index in [1.54, 1.807) is 0 Å². The summed E-state index contributed by atoms with van der Waals surface area (Å²) in [5, 5.41) is 2.24. The SMILES string of the molecule is Cc1cc(C2C3=C(NN2C)c2cc(-c4ccc(CN5CCCCC5)cc4)sc2C3)ccc1N. The number of likely N-dealkylation sites (tertiary alicyclic amines) is 1. The molecule has 0 spiro atoms. The van der Waals surface area contributed by atoms with Crippen LogP contribution in [0.25, 0.3) is 16.1 Å². The van der Waals surface area contributed by atoms with Crippen LogP contribution in [0.2, 0.25) is 0 Å². The Morgan fingerprint density at radius 2 is 1.82 bits per heavy atom. The molecule has 6 rings (SSSR count). The number of hydrogen-bond donors (Lipinski definition) is 2. The minimum atomic E-state index is 0.261. The van der Waals surface area contributed by atoms with Crippen LogP contribution >= 0.6 is 11.3 Å². The molecule has 2 aromatic carbocycles. The van der Waals surface area contributed by atoms with E-state index in [1.807, 2.05) is 17.4 Å². The lowest BCUT2D eigenvalue weighted by atomic mass is 9.96. The number of nitrogens with zero attached hydrogens (tertiary/aromatic N) is 2. The van der Waals surface area contributed by atoms with Crippen LogP contribution < -0.4 is 11.2 Å². The van der Waals surface area contributed by atoms with Gasteiger partial charge in [-0.1, -0.05) is 42.8 Å². The first kappa shape index (κ1) is 21.0. The van der Waals surface area contributed by atoms with Crippen LogP contribution in [-0.4, -0.2) is 30.0 Å². The topological polar surface area (TPSA) is 44.5 Å². The van der Waals surface area contributed by atoms with Crippen LogP contribution in [0.1, 0.15) is 52.4 Å². The molecular formula is C28H32N4S. The Hall–Kier alpha value is -2.60. The Morgan fingerprint density at radius 3 is 2.58 bits per heavy atom. The molecule has 3 N–H and O–H groups in total. The second kappa shape index (κ2) is 8.32. The number of nitrogens with two attached hydrogens (primary N) is 1. The highest BCUT2D eigenvalue weighted by molar-refractivity contribution is 7.15. The second-order valence-electron chi connectivity index (χ2n) is 9.80. The fourth-order valence-corrected chi connectivity index (χ4v) is 6.83. The summed E-state index contributed by atoms with van der Waals surface area (Å²) in [6.07, 6.45) is 5.10. The Kier molecular flexibility index (Phi) is 5.28. The monoisotopic (exact) mass is 456 g/mol. The Labute approximate surface area is 200 Å². The van der Waals surface area contributed by atoms with E-state index < -0.39 is 0 Å². The Morgan fingerprint density at radius 1 is 1.03 bits per heavy atom. The van der Waals surface area contributed by atoms with Gasteiger partial charge in [-0.15, -0.1) is 11.3 Å². The van der Waals surface area contributed by atoms with Crippen molar-refractivity contribution >= 4 is 22.7 Å². The van der Waals surface area contributed by atoms with E-state index >= 15 is 0 Å². The first-order valence-corrected chi connectivity index (χ1v) is 12.9. The van der Waals surface area contributed by atoms with Crippen molar-refractivity contribution in [2.24, 2.45) is 0 Å². The van der Waals surface area contributed by atoms with Gasteiger partial charge in [-0.25, -0.2) is 5.01 Å². The van der Waals surface area contributed by atoms with E-state index in [2.05, 4.69) is 71.8 Å². The van der Waals surface area contributed by atoms with E-state index in [0.717, 1.165) is 24.2 Å². The molecule has 0 saturated carbocycles. The Balaban J connectivity index is 1.23. The third kappa shape index (κ3) is 3.78. The highest BCUT2D eigenvalue weighted by Crippen LogP contribution is 2.49. The summed E-state index contributed by atoms with van der Waals surface area (Å²) < 4.78 is 0. The van der Waals surface area contributed by atoms with Crippen LogP contribution in [0, 0.1) is 6.92 Å². The van der Waals surface area contributed by atoms with Crippen molar-refractivity contribution in [2.75, 3.05) is 25.9 Å². The number of nitrogen functional groups attached to an aromatic ring is 1. The zero-order chi connectivity index (χ0) is 22.5. The number of thiophene rings is 1. The molecule has 3 aromatic rings. The molecule has 0 bridgehead atoms. The van der Waals surface area contributed by atoms with Crippen LogP contribution in [0.3, 0.4) is 0 Å². The van der Waals surface area contributed by atoms with Gasteiger partial charge in [-0.05, 0) is 72.8 Å². The summed E-state index contributed by atoms with van der Waals surface area (Å²) in [7, 11) is 2.14. The lowest BCUT2D eigenvalue weighted by molar-refractivity contribution is 0.221. The minimum absolute atomic E-state index is 0.261. The highest BCUT2D eigenvalue weighted by atomic mass is 32.1. The summed E-state index contributed by atoms with van der Waals surface area (Å²) in [5.74, 6) is 0. The van der Waals surface area contributed by atoms with Gasteiger partial charge in [0.25, 0.3) is 0 Å². The lowest BCUT2D eigenvalue weighted by Crippen LogP contribution is -2.30. The molecule has 5 heteroatoms. The first-order valence-electron chi connectivity index (χ1n) is 12.1. The van der Waals surface area contributed by atoms with Gasteiger partial charge >= 0.3 is 0 Å². The predicted octanol–water partition coefficient (Wildman–Crippen LogP) is 5.75. The average Bonchev–Trinajstić information content (AvgIpc) is 3.46.